The van der Waals surface area contributed by atoms with E-state index in [1.54, 1.807) is 0 Å². The first-order valence-electron chi connectivity index (χ1n) is 9.57. The first kappa shape index (κ1) is 18.4. The molecule has 0 amide bonds. The van der Waals surface area contributed by atoms with Gasteiger partial charge in [-0.2, -0.15) is 0 Å². The molecule has 28 heavy (non-hydrogen) atoms. The van der Waals surface area contributed by atoms with E-state index in [4.69, 9.17) is 5.11 Å². The van der Waals surface area contributed by atoms with Gasteiger partial charge in [0.2, 0.25) is 0 Å². The largest absolute Gasteiger partial charge is 0.364 e. The minimum atomic E-state index is -1.76. The van der Waals surface area contributed by atoms with Crippen molar-refractivity contribution in [3.05, 3.63) is 84.1 Å². The number of aliphatic hydroxyl groups is 1. The quantitative estimate of drug-likeness (QED) is 0.343. The Kier molecular flexibility index (Phi) is 5.22. The zero-order valence-electron chi connectivity index (χ0n) is 15.5. The second-order valence-electron chi connectivity index (χ2n) is 7.04. The molecule has 1 aromatic heterocycles. The topological polar surface area (TPSA) is 42.2 Å². The number of hydrogen-bond acceptors (Lipinski definition) is 2. The summed E-state index contributed by atoms with van der Waals surface area (Å²) in [5, 5.41) is 11.7. The summed E-state index contributed by atoms with van der Waals surface area (Å²) < 4.78 is 14.7. The Morgan fingerprint density at radius 2 is 1.61 bits per heavy atom. The van der Waals surface area contributed by atoms with Crippen molar-refractivity contribution in [3.8, 4) is 0 Å². The van der Waals surface area contributed by atoms with E-state index in [-0.39, 0.29) is 12.2 Å². The van der Waals surface area contributed by atoms with Crippen LogP contribution in [-0.4, -0.2) is 21.8 Å². The Morgan fingerprint density at radius 3 is 2.43 bits per heavy atom. The highest BCUT2D eigenvalue weighted by Gasteiger charge is 2.18. The highest BCUT2D eigenvalue weighted by atomic mass is 19.1. The van der Waals surface area contributed by atoms with Crippen LogP contribution in [0.1, 0.15) is 35.2 Å². The first-order chi connectivity index (χ1) is 13.6. The Hall–Kier alpha value is -2.98. The van der Waals surface area contributed by atoms with Gasteiger partial charge >= 0.3 is 0 Å². The van der Waals surface area contributed by atoms with Gasteiger partial charge in [-0.15, -0.1) is 0 Å². The van der Waals surface area contributed by atoms with Gasteiger partial charge in [-0.3, -0.25) is 4.79 Å². The van der Waals surface area contributed by atoms with Crippen molar-refractivity contribution >= 4 is 27.5 Å². The van der Waals surface area contributed by atoms with Gasteiger partial charge in [0.15, 0.2) is 12.1 Å². The minimum absolute atomic E-state index is 0.00549. The fraction of sp³-hybridized carbons (Fsp3) is 0.208. The van der Waals surface area contributed by atoms with Gasteiger partial charge in [-0.25, -0.2) is 4.39 Å². The Balaban J connectivity index is 1.71. The molecule has 0 bridgehead atoms. The molecule has 0 saturated carbocycles. The number of aliphatic hydroxyl groups excluding tert-OH is 1. The van der Waals surface area contributed by atoms with Crippen LogP contribution >= 0.6 is 0 Å². The summed E-state index contributed by atoms with van der Waals surface area (Å²) >= 11 is 0. The maximum Gasteiger partial charge on any atom is 0.196 e. The molecule has 0 fully saturated rings. The lowest BCUT2D eigenvalue weighted by Crippen LogP contribution is -2.02. The number of halogens is 1. The molecule has 1 unspecified atom stereocenters. The number of aromatic nitrogens is 1. The number of carbonyl (C=O) groups excluding carboxylic acids is 1. The molecule has 0 spiro atoms. The van der Waals surface area contributed by atoms with Crippen molar-refractivity contribution < 1.29 is 14.3 Å². The minimum Gasteiger partial charge on any atom is -0.364 e. The van der Waals surface area contributed by atoms with Crippen molar-refractivity contribution in [1.29, 1.82) is 0 Å². The highest BCUT2D eigenvalue weighted by molar-refractivity contribution is 6.21. The van der Waals surface area contributed by atoms with Crippen LogP contribution in [-0.2, 0) is 6.54 Å². The molecule has 0 radical (unpaired) electrons. The van der Waals surface area contributed by atoms with Crippen LogP contribution in [0.5, 0.6) is 0 Å². The Labute approximate surface area is 163 Å². The van der Waals surface area contributed by atoms with Crippen molar-refractivity contribution in [3.63, 3.8) is 0 Å². The number of ketones is 1. The van der Waals surface area contributed by atoms with Crippen LogP contribution in [0, 0.1) is 0 Å². The first-order valence-corrected chi connectivity index (χ1v) is 9.57. The highest BCUT2D eigenvalue weighted by Crippen LogP contribution is 2.27. The number of hydrogen-bond donors (Lipinski definition) is 1. The summed E-state index contributed by atoms with van der Waals surface area (Å²) in [7, 11) is 0. The molecule has 0 aliphatic carbocycles. The van der Waals surface area contributed by atoms with Crippen LogP contribution in [0.15, 0.2) is 72.9 Å². The van der Waals surface area contributed by atoms with E-state index in [1.807, 2.05) is 72.9 Å². The number of alkyl halides is 1. The van der Waals surface area contributed by atoms with Crippen LogP contribution in [0.4, 0.5) is 4.39 Å². The number of para-hydroxylation sites is 1. The van der Waals surface area contributed by atoms with Gasteiger partial charge in [-0.05, 0) is 29.7 Å². The normalized spacial score (nSPS) is 12.5. The van der Waals surface area contributed by atoms with Crippen LogP contribution in [0.25, 0.3) is 21.7 Å². The summed E-state index contributed by atoms with van der Waals surface area (Å²) in [5.41, 5.74) is 2.37. The van der Waals surface area contributed by atoms with Crippen LogP contribution in [0.3, 0.4) is 0 Å². The SMILES string of the molecule is O=C(c1cccc2ccccc12)c1cn(CCCCC(O)F)c2ccccc12. The van der Waals surface area contributed by atoms with Gasteiger partial charge in [-0.1, -0.05) is 60.7 Å². The van der Waals surface area contributed by atoms with E-state index in [0.29, 0.717) is 24.1 Å². The molecule has 142 valence electrons. The Morgan fingerprint density at radius 1 is 0.893 bits per heavy atom. The number of fused-ring (bicyclic) bond motifs is 2. The Bertz CT molecular complexity index is 1120. The number of rotatable bonds is 7. The van der Waals surface area contributed by atoms with Gasteiger partial charge in [0.25, 0.3) is 0 Å². The molecular formula is C24H22FNO2. The van der Waals surface area contributed by atoms with Gasteiger partial charge < -0.3 is 9.67 Å². The smallest absolute Gasteiger partial charge is 0.196 e. The van der Waals surface area contributed by atoms with E-state index in [1.165, 1.54) is 0 Å². The van der Waals surface area contributed by atoms with Gasteiger partial charge in [0.05, 0.1) is 0 Å². The standard InChI is InChI=1S/C24H22FNO2/c25-23(27)14-5-6-15-26-16-21(19-11-3-4-13-22(19)26)24(28)20-12-7-9-17-8-1-2-10-18(17)20/h1-4,7-13,16,23,27H,5-6,14-15H2. The average Bonchev–Trinajstić information content (AvgIpc) is 3.09. The van der Waals surface area contributed by atoms with Crippen LogP contribution < -0.4 is 0 Å². The molecular weight excluding hydrogens is 353 g/mol. The fourth-order valence-corrected chi connectivity index (χ4v) is 3.78. The predicted octanol–water partition coefficient (Wildman–Crippen LogP) is 5.48. The summed E-state index contributed by atoms with van der Waals surface area (Å²) in [4.78, 5) is 13.4. The summed E-state index contributed by atoms with van der Waals surface area (Å²) in [5.74, 6) is 0.00549. The van der Waals surface area contributed by atoms with Crippen molar-refractivity contribution in [1.82, 2.24) is 4.57 Å². The lowest BCUT2D eigenvalue weighted by molar-refractivity contribution is 0.0322. The van der Waals surface area contributed by atoms with Crippen LogP contribution in [0.2, 0.25) is 0 Å². The number of aryl methyl sites for hydroxylation is 1. The lowest BCUT2D eigenvalue weighted by Gasteiger charge is -2.05. The molecule has 4 heteroatoms. The molecule has 1 heterocycles. The van der Waals surface area contributed by atoms with E-state index in [0.717, 1.165) is 28.1 Å². The third kappa shape index (κ3) is 3.56. The number of nitrogens with zero attached hydrogens (tertiary/aromatic N) is 1. The second kappa shape index (κ2) is 7.95. The summed E-state index contributed by atoms with van der Waals surface area (Å²) in [6.45, 7) is 0.677. The van der Waals surface area contributed by atoms with E-state index >= 15 is 0 Å². The zero-order valence-corrected chi connectivity index (χ0v) is 15.5. The molecule has 3 nitrogen and oxygen atoms in total. The third-order valence-corrected chi connectivity index (χ3v) is 5.16. The third-order valence-electron chi connectivity index (χ3n) is 5.16. The number of carbonyl (C=O) groups is 1. The molecule has 1 N–H and O–H groups in total. The van der Waals surface area contributed by atoms with E-state index < -0.39 is 6.36 Å². The monoisotopic (exact) mass is 375 g/mol. The molecule has 1 atom stereocenters. The molecule has 3 aromatic carbocycles. The van der Waals surface area contributed by atoms with E-state index in [9.17, 15) is 9.18 Å². The number of unbranched alkanes of at least 4 members (excludes halogenated alkanes) is 1. The van der Waals surface area contributed by atoms with E-state index in [2.05, 4.69) is 4.57 Å². The molecule has 0 aliphatic heterocycles. The second-order valence-corrected chi connectivity index (χ2v) is 7.04. The van der Waals surface area contributed by atoms with Crippen molar-refractivity contribution in [2.24, 2.45) is 0 Å². The lowest BCUT2D eigenvalue weighted by atomic mass is 9.97. The summed E-state index contributed by atoms with van der Waals surface area (Å²) in [6, 6.07) is 21.6. The van der Waals surface area contributed by atoms with Gasteiger partial charge in [0.1, 0.15) is 0 Å². The maximum atomic E-state index is 13.4. The van der Waals surface area contributed by atoms with Gasteiger partial charge in [0, 0.05) is 41.2 Å². The molecule has 4 rings (SSSR count). The zero-order chi connectivity index (χ0) is 19.5. The molecule has 4 aromatic rings. The average molecular weight is 375 g/mol. The molecule has 0 aliphatic rings. The molecule has 0 saturated heterocycles. The maximum absolute atomic E-state index is 13.4. The predicted molar refractivity (Wildman–Crippen MR) is 110 cm³/mol. The summed E-state index contributed by atoms with van der Waals surface area (Å²) in [6.07, 6.45) is 1.62. The van der Waals surface area contributed by atoms with Crippen molar-refractivity contribution in [2.45, 2.75) is 32.2 Å². The van der Waals surface area contributed by atoms with Crippen molar-refractivity contribution in [2.75, 3.05) is 0 Å². The number of benzene rings is 3. The fourth-order valence-electron chi connectivity index (χ4n) is 3.78.